The molecule has 1 amide bonds. The number of aliphatic hydroxyl groups is 1. The molecular weight excluding hydrogens is 336 g/mol. The lowest BCUT2D eigenvalue weighted by atomic mass is 9.60. The molecule has 0 spiro atoms. The highest BCUT2D eigenvalue weighted by molar-refractivity contribution is 5.99. The zero-order chi connectivity index (χ0) is 19.0. The van der Waals surface area contributed by atoms with Gasteiger partial charge in [0.05, 0.1) is 6.61 Å². The van der Waals surface area contributed by atoms with E-state index in [0.717, 1.165) is 23.7 Å². The Morgan fingerprint density at radius 2 is 1.93 bits per heavy atom. The van der Waals surface area contributed by atoms with E-state index in [1.54, 1.807) is 11.9 Å². The first kappa shape index (κ1) is 17.8. The number of nitrogens with one attached hydrogen (secondary N) is 1. The molecule has 0 atom stereocenters. The molecule has 0 radical (unpaired) electrons. The molecular formula is C23H26N2O2. The number of likely N-dealkylation sites (N-methyl/N-ethyl adjacent to an activating group) is 1. The van der Waals surface area contributed by atoms with Crippen molar-refractivity contribution in [1.82, 2.24) is 9.88 Å². The maximum atomic E-state index is 12.7. The standard InChI is InChI=1S/C23H26N2O2/c1-16-4-7-18(8-5-16)23(10-3-11-23)20-15-24-21-9-6-17(14-19(20)21)22(27)25(2)12-13-26/h4-9,14-15,24,26H,3,10-13H2,1-2H3. The van der Waals surface area contributed by atoms with Crippen molar-refractivity contribution in [1.29, 1.82) is 0 Å². The third-order valence-corrected chi connectivity index (χ3v) is 6.04. The van der Waals surface area contributed by atoms with Gasteiger partial charge in [0.2, 0.25) is 0 Å². The fourth-order valence-electron chi connectivity index (χ4n) is 4.24. The molecule has 0 unspecified atom stereocenters. The van der Waals surface area contributed by atoms with Crippen LogP contribution >= 0.6 is 0 Å². The SMILES string of the molecule is Cc1ccc(C2(c3c[nH]c4ccc(C(=O)N(C)CCO)cc34)CCC2)cc1. The number of hydrogen-bond acceptors (Lipinski definition) is 2. The summed E-state index contributed by atoms with van der Waals surface area (Å²) in [5, 5.41) is 10.2. The minimum absolute atomic E-state index is 0.0313. The van der Waals surface area contributed by atoms with Gasteiger partial charge in [0.25, 0.3) is 5.91 Å². The van der Waals surface area contributed by atoms with Crippen molar-refractivity contribution in [3.63, 3.8) is 0 Å². The third-order valence-electron chi connectivity index (χ3n) is 6.04. The molecule has 140 valence electrons. The minimum atomic E-state index is -0.0592. The van der Waals surface area contributed by atoms with E-state index in [1.807, 2.05) is 18.2 Å². The van der Waals surface area contributed by atoms with Crippen LogP contribution in [0.25, 0.3) is 10.9 Å². The normalized spacial score (nSPS) is 15.5. The molecule has 1 saturated carbocycles. The van der Waals surface area contributed by atoms with E-state index in [9.17, 15) is 4.79 Å². The number of fused-ring (bicyclic) bond motifs is 1. The van der Waals surface area contributed by atoms with Crippen LogP contribution in [0.15, 0.2) is 48.7 Å². The molecule has 4 heteroatoms. The second-order valence-electron chi connectivity index (χ2n) is 7.71. The highest BCUT2D eigenvalue weighted by atomic mass is 16.3. The number of aryl methyl sites for hydroxylation is 1. The Kier molecular flexibility index (Phi) is 4.52. The summed E-state index contributed by atoms with van der Waals surface area (Å²) in [5.74, 6) is -0.0592. The van der Waals surface area contributed by atoms with Crippen LogP contribution in [0.2, 0.25) is 0 Å². The van der Waals surface area contributed by atoms with E-state index in [4.69, 9.17) is 5.11 Å². The van der Waals surface area contributed by atoms with Crippen molar-refractivity contribution >= 4 is 16.8 Å². The molecule has 3 aromatic rings. The molecule has 27 heavy (non-hydrogen) atoms. The van der Waals surface area contributed by atoms with Gasteiger partial charge >= 0.3 is 0 Å². The predicted octanol–water partition coefficient (Wildman–Crippen LogP) is 4.01. The Balaban J connectivity index is 1.78. The molecule has 1 aromatic heterocycles. The largest absolute Gasteiger partial charge is 0.395 e. The Labute approximate surface area is 159 Å². The average Bonchev–Trinajstić information content (AvgIpc) is 3.05. The molecule has 2 aromatic carbocycles. The Bertz CT molecular complexity index is 968. The summed E-state index contributed by atoms with van der Waals surface area (Å²) in [7, 11) is 1.72. The minimum Gasteiger partial charge on any atom is -0.395 e. The van der Waals surface area contributed by atoms with Crippen LogP contribution in [0, 0.1) is 6.92 Å². The summed E-state index contributed by atoms with van der Waals surface area (Å²) in [6, 6.07) is 14.7. The monoisotopic (exact) mass is 362 g/mol. The molecule has 4 nitrogen and oxygen atoms in total. The molecule has 0 aliphatic heterocycles. The summed E-state index contributed by atoms with van der Waals surface area (Å²) < 4.78 is 0. The van der Waals surface area contributed by atoms with E-state index in [1.165, 1.54) is 23.1 Å². The molecule has 0 bridgehead atoms. The van der Waals surface area contributed by atoms with Crippen molar-refractivity contribution in [3.05, 3.63) is 70.9 Å². The van der Waals surface area contributed by atoms with Crippen molar-refractivity contribution in [2.24, 2.45) is 0 Å². The second-order valence-corrected chi connectivity index (χ2v) is 7.71. The number of nitrogens with zero attached hydrogens (tertiary/aromatic N) is 1. The van der Waals surface area contributed by atoms with E-state index in [0.29, 0.717) is 12.1 Å². The first-order valence-corrected chi connectivity index (χ1v) is 9.60. The van der Waals surface area contributed by atoms with Gasteiger partial charge in [0.1, 0.15) is 0 Å². The van der Waals surface area contributed by atoms with Crippen molar-refractivity contribution in [2.45, 2.75) is 31.6 Å². The number of aromatic amines is 1. The van der Waals surface area contributed by atoms with Gasteiger partial charge in [-0.2, -0.15) is 0 Å². The van der Waals surface area contributed by atoms with E-state index >= 15 is 0 Å². The highest BCUT2D eigenvalue weighted by Gasteiger charge is 2.41. The maximum absolute atomic E-state index is 12.7. The van der Waals surface area contributed by atoms with Crippen LogP contribution in [-0.4, -0.2) is 41.1 Å². The number of aromatic nitrogens is 1. The lowest BCUT2D eigenvalue weighted by Gasteiger charge is -2.43. The van der Waals surface area contributed by atoms with E-state index in [-0.39, 0.29) is 17.9 Å². The number of carbonyl (C=O) groups excluding carboxylic acids is 1. The van der Waals surface area contributed by atoms with Gasteiger partial charge in [-0.1, -0.05) is 36.2 Å². The highest BCUT2D eigenvalue weighted by Crippen LogP contribution is 2.51. The second kappa shape index (κ2) is 6.86. The summed E-state index contributed by atoms with van der Waals surface area (Å²) in [6.45, 7) is 2.42. The number of aliphatic hydroxyl groups excluding tert-OH is 1. The van der Waals surface area contributed by atoms with Gasteiger partial charge in [-0.05, 0) is 49.1 Å². The fraction of sp³-hybridized carbons (Fsp3) is 0.348. The van der Waals surface area contributed by atoms with Crippen LogP contribution in [0.4, 0.5) is 0 Å². The van der Waals surface area contributed by atoms with Gasteiger partial charge < -0.3 is 15.0 Å². The van der Waals surface area contributed by atoms with E-state index < -0.39 is 0 Å². The predicted molar refractivity (Wildman–Crippen MR) is 108 cm³/mol. The Morgan fingerprint density at radius 1 is 1.19 bits per heavy atom. The van der Waals surface area contributed by atoms with Gasteiger partial charge in [0, 0.05) is 41.7 Å². The number of amides is 1. The lowest BCUT2D eigenvalue weighted by molar-refractivity contribution is 0.0767. The quantitative estimate of drug-likeness (QED) is 0.720. The van der Waals surface area contributed by atoms with Crippen molar-refractivity contribution < 1.29 is 9.90 Å². The first-order chi connectivity index (χ1) is 13.0. The zero-order valence-corrected chi connectivity index (χ0v) is 16.0. The summed E-state index contributed by atoms with van der Waals surface area (Å²) in [4.78, 5) is 17.6. The average molecular weight is 362 g/mol. The molecule has 1 aliphatic carbocycles. The zero-order valence-electron chi connectivity index (χ0n) is 16.0. The Hall–Kier alpha value is -2.59. The molecule has 0 saturated heterocycles. The smallest absolute Gasteiger partial charge is 0.253 e. The van der Waals surface area contributed by atoms with Gasteiger partial charge in [0.15, 0.2) is 0 Å². The topological polar surface area (TPSA) is 56.3 Å². The summed E-state index contributed by atoms with van der Waals surface area (Å²) in [6.07, 6.45) is 5.60. The van der Waals surface area contributed by atoms with Crippen LogP contribution in [-0.2, 0) is 5.41 Å². The molecule has 2 N–H and O–H groups in total. The number of rotatable bonds is 5. The lowest BCUT2D eigenvalue weighted by Crippen LogP contribution is -2.35. The maximum Gasteiger partial charge on any atom is 0.253 e. The molecule has 4 rings (SSSR count). The number of hydrogen-bond donors (Lipinski definition) is 2. The van der Waals surface area contributed by atoms with Crippen LogP contribution < -0.4 is 0 Å². The fourth-order valence-corrected chi connectivity index (χ4v) is 4.24. The van der Waals surface area contributed by atoms with Gasteiger partial charge in [-0.25, -0.2) is 0 Å². The molecule has 1 fully saturated rings. The van der Waals surface area contributed by atoms with Crippen molar-refractivity contribution in [2.75, 3.05) is 20.2 Å². The van der Waals surface area contributed by atoms with E-state index in [2.05, 4.69) is 42.4 Å². The van der Waals surface area contributed by atoms with Crippen LogP contribution in [0.1, 0.15) is 46.3 Å². The summed E-state index contributed by atoms with van der Waals surface area (Å²) >= 11 is 0. The number of benzene rings is 2. The molecule has 1 heterocycles. The van der Waals surface area contributed by atoms with Crippen LogP contribution in [0.5, 0.6) is 0 Å². The Morgan fingerprint density at radius 3 is 2.56 bits per heavy atom. The van der Waals surface area contributed by atoms with Crippen LogP contribution in [0.3, 0.4) is 0 Å². The third kappa shape index (κ3) is 2.94. The molecule has 1 aliphatic rings. The number of H-pyrrole nitrogens is 1. The van der Waals surface area contributed by atoms with Gasteiger partial charge in [-0.3, -0.25) is 4.79 Å². The van der Waals surface area contributed by atoms with Crippen molar-refractivity contribution in [3.8, 4) is 0 Å². The first-order valence-electron chi connectivity index (χ1n) is 9.60. The number of carbonyl (C=O) groups is 1. The van der Waals surface area contributed by atoms with Gasteiger partial charge in [-0.15, -0.1) is 0 Å². The summed E-state index contributed by atoms with van der Waals surface area (Å²) in [5.41, 5.74) is 5.67.